The van der Waals surface area contributed by atoms with Crippen molar-refractivity contribution in [1.29, 1.82) is 0 Å². The number of carboxylic acids is 1. The number of aliphatic carboxylic acids is 1. The molecule has 1 amide bonds. The quantitative estimate of drug-likeness (QED) is 0.382. The monoisotopic (exact) mass is 485 g/mol. The number of ether oxygens (including phenoxy) is 1. The van der Waals surface area contributed by atoms with E-state index in [1.807, 2.05) is 23.5 Å². The van der Waals surface area contributed by atoms with Crippen molar-refractivity contribution in [1.82, 2.24) is 4.90 Å². The van der Waals surface area contributed by atoms with Crippen molar-refractivity contribution in [3.63, 3.8) is 0 Å². The predicted octanol–water partition coefficient (Wildman–Crippen LogP) is 6.76. The van der Waals surface area contributed by atoms with Crippen LogP contribution in [0.25, 0.3) is 0 Å². The lowest BCUT2D eigenvalue weighted by atomic mass is 9.82. The topological polar surface area (TPSA) is 66.8 Å². The first-order chi connectivity index (χ1) is 16.3. The van der Waals surface area contributed by atoms with Gasteiger partial charge in [0.05, 0.1) is 6.42 Å². The Morgan fingerprint density at radius 1 is 1.15 bits per heavy atom. The Labute approximate surface area is 208 Å². The SMILES string of the molecule is CCc1sc(CC(C)C)cc1C(Oc1ccc(C(=O)N(C)CCC(=O)O)cc1)C1CCCCC1. The van der Waals surface area contributed by atoms with Crippen LogP contribution in [0.3, 0.4) is 0 Å². The van der Waals surface area contributed by atoms with Crippen LogP contribution in [0.4, 0.5) is 0 Å². The molecular weight excluding hydrogens is 446 g/mol. The molecule has 1 saturated carbocycles. The van der Waals surface area contributed by atoms with Gasteiger partial charge >= 0.3 is 5.97 Å². The molecule has 1 aromatic carbocycles. The van der Waals surface area contributed by atoms with Crippen molar-refractivity contribution in [3.8, 4) is 5.75 Å². The van der Waals surface area contributed by atoms with Gasteiger partial charge in [0.25, 0.3) is 5.91 Å². The Kier molecular flexibility index (Phi) is 9.57. The second-order valence-corrected chi connectivity index (χ2v) is 11.1. The fraction of sp³-hybridized carbons (Fsp3) is 0.571. The van der Waals surface area contributed by atoms with Crippen LogP contribution in [-0.4, -0.2) is 35.5 Å². The number of carboxylic acid groups (broad SMARTS) is 1. The summed E-state index contributed by atoms with van der Waals surface area (Å²) in [5, 5.41) is 8.86. The minimum atomic E-state index is -0.909. The number of thiophene rings is 1. The summed E-state index contributed by atoms with van der Waals surface area (Å²) >= 11 is 1.93. The lowest BCUT2D eigenvalue weighted by Crippen LogP contribution is -2.29. The van der Waals surface area contributed by atoms with E-state index in [-0.39, 0.29) is 25.0 Å². The van der Waals surface area contributed by atoms with E-state index < -0.39 is 5.97 Å². The highest BCUT2D eigenvalue weighted by Crippen LogP contribution is 2.41. The van der Waals surface area contributed by atoms with E-state index in [1.54, 1.807) is 19.2 Å². The molecule has 1 unspecified atom stereocenters. The molecular formula is C28H39NO4S. The maximum absolute atomic E-state index is 12.6. The highest BCUT2D eigenvalue weighted by Gasteiger charge is 2.30. The number of carbonyl (C=O) groups excluding carboxylic acids is 1. The number of nitrogens with zero attached hydrogens (tertiary/aromatic N) is 1. The molecule has 1 aromatic heterocycles. The molecule has 186 valence electrons. The average molecular weight is 486 g/mol. The molecule has 2 aromatic rings. The highest BCUT2D eigenvalue weighted by atomic mass is 32.1. The summed E-state index contributed by atoms with van der Waals surface area (Å²) in [7, 11) is 1.63. The van der Waals surface area contributed by atoms with Gasteiger partial charge in [-0.05, 0) is 61.9 Å². The van der Waals surface area contributed by atoms with Crippen LogP contribution in [0.2, 0.25) is 0 Å². The fourth-order valence-electron chi connectivity index (χ4n) is 4.78. The number of hydrogen-bond acceptors (Lipinski definition) is 4. The van der Waals surface area contributed by atoms with Crippen LogP contribution in [0.5, 0.6) is 5.75 Å². The zero-order chi connectivity index (χ0) is 24.7. The second kappa shape index (κ2) is 12.4. The molecule has 0 bridgehead atoms. The summed E-state index contributed by atoms with van der Waals surface area (Å²) in [6, 6.07) is 9.71. The van der Waals surface area contributed by atoms with E-state index in [9.17, 15) is 9.59 Å². The first-order valence-electron chi connectivity index (χ1n) is 12.6. The Morgan fingerprint density at radius 3 is 2.41 bits per heavy atom. The molecule has 1 aliphatic carbocycles. The van der Waals surface area contributed by atoms with Crippen LogP contribution in [0, 0.1) is 11.8 Å². The molecule has 1 fully saturated rings. The van der Waals surface area contributed by atoms with E-state index in [2.05, 4.69) is 26.8 Å². The van der Waals surface area contributed by atoms with Crippen LogP contribution in [0.15, 0.2) is 30.3 Å². The molecule has 1 N–H and O–H groups in total. The zero-order valence-corrected chi connectivity index (χ0v) is 21.8. The molecule has 0 aliphatic heterocycles. The molecule has 0 radical (unpaired) electrons. The summed E-state index contributed by atoms with van der Waals surface area (Å²) in [6.45, 7) is 6.95. The normalized spacial score (nSPS) is 15.3. The molecule has 3 rings (SSSR count). The molecule has 1 heterocycles. The van der Waals surface area contributed by atoms with E-state index in [1.165, 1.54) is 52.3 Å². The van der Waals surface area contributed by atoms with Gasteiger partial charge in [-0.2, -0.15) is 0 Å². The minimum Gasteiger partial charge on any atom is -0.485 e. The van der Waals surface area contributed by atoms with Gasteiger partial charge in [-0.1, -0.05) is 40.0 Å². The second-order valence-electron chi connectivity index (χ2n) is 9.87. The van der Waals surface area contributed by atoms with E-state index in [0.29, 0.717) is 17.4 Å². The maximum Gasteiger partial charge on any atom is 0.305 e. The van der Waals surface area contributed by atoms with Gasteiger partial charge in [-0.15, -0.1) is 11.3 Å². The van der Waals surface area contributed by atoms with Gasteiger partial charge in [-0.3, -0.25) is 9.59 Å². The molecule has 5 nitrogen and oxygen atoms in total. The van der Waals surface area contributed by atoms with E-state index in [4.69, 9.17) is 9.84 Å². The zero-order valence-electron chi connectivity index (χ0n) is 21.0. The third kappa shape index (κ3) is 7.08. The number of benzene rings is 1. The van der Waals surface area contributed by atoms with E-state index in [0.717, 1.165) is 18.6 Å². The smallest absolute Gasteiger partial charge is 0.305 e. The van der Waals surface area contributed by atoms with Gasteiger partial charge in [0, 0.05) is 40.4 Å². The fourth-order valence-corrected chi connectivity index (χ4v) is 6.14. The minimum absolute atomic E-state index is 0.0344. The summed E-state index contributed by atoms with van der Waals surface area (Å²) in [5.74, 6) is 0.821. The Hall–Kier alpha value is -2.34. The Morgan fingerprint density at radius 2 is 1.82 bits per heavy atom. The molecule has 34 heavy (non-hydrogen) atoms. The average Bonchev–Trinajstić information content (AvgIpc) is 3.23. The van der Waals surface area contributed by atoms with Crippen LogP contribution in [-0.2, 0) is 17.6 Å². The van der Waals surface area contributed by atoms with Gasteiger partial charge < -0.3 is 14.7 Å². The highest BCUT2D eigenvalue weighted by molar-refractivity contribution is 7.12. The van der Waals surface area contributed by atoms with Gasteiger partial charge in [0.15, 0.2) is 0 Å². The van der Waals surface area contributed by atoms with Gasteiger partial charge in [0.1, 0.15) is 11.9 Å². The summed E-state index contributed by atoms with van der Waals surface area (Å²) in [4.78, 5) is 27.7. The summed E-state index contributed by atoms with van der Waals surface area (Å²) in [6.07, 6.45) is 8.28. The van der Waals surface area contributed by atoms with Gasteiger partial charge in [-0.25, -0.2) is 0 Å². The number of aryl methyl sites for hydroxylation is 1. The number of amides is 1. The lowest BCUT2D eigenvalue weighted by molar-refractivity contribution is -0.137. The lowest BCUT2D eigenvalue weighted by Gasteiger charge is -2.31. The summed E-state index contributed by atoms with van der Waals surface area (Å²) in [5.41, 5.74) is 1.89. The van der Waals surface area contributed by atoms with Crippen LogP contribution >= 0.6 is 11.3 Å². The standard InChI is InChI=1S/C28H39NO4S/c1-5-25-24(18-23(34-25)17-19(2)3)27(20-9-7-6-8-10-20)33-22-13-11-21(12-14-22)28(32)29(4)16-15-26(30)31/h11-14,18-20,27H,5-10,15-17H2,1-4H3,(H,30,31). The third-order valence-electron chi connectivity index (χ3n) is 6.58. The molecule has 0 saturated heterocycles. The number of rotatable bonds is 11. The third-order valence-corrected chi connectivity index (χ3v) is 7.90. The molecule has 6 heteroatoms. The van der Waals surface area contributed by atoms with Crippen molar-refractivity contribution in [2.24, 2.45) is 11.8 Å². The van der Waals surface area contributed by atoms with Crippen molar-refractivity contribution in [2.45, 2.75) is 78.2 Å². The molecule has 0 spiro atoms. The number of carbonyl (C=O) groups is 2. The largest absolute Gasteiger partial charge is 0.485 e. The van der Waals surface area contributed by atoms with Crippen molar-refractivity contribution < 1.29 is 19.4 Å². The Bertz CT molecular complexity index is 944. The maximum atomic E-state index is 12.6. The molecule has 1 atom stereocenters. The first-order valence-corrected chi connectivity index (χ1v) is 13.5. The molecule has 1 aliphatic rings. The van der Waals surface area contributed by atoms with Crippen molar-refractivity contribution in [3.05, 3.63) is 51.2 Å². The van der Waals surface area contributed by atoms with Crippen LogP contribution < -0.4 is 4.74 Å². The predicted molar refractivity (Wildman–Crippen MR) is 138 cm³/mol. The van der Waals surface area contributed by atoms with Crippen LogP contribution in [0.1, 0.15) is 91.1 Å². The number of hydrogen-bond donors (Lipinski definition) is 1. The Balaban J connectivity index is 1.80. The van der Waals surface area contributed by atoms with Crippen molar-refractivity contribution in [2.75, 3.05) is 13.6 Å². The van der Waals surface area contributed by atoms with Gasteiger partial charge in [0.2, 0.25) is 0 Å². The summed E-state index contributed by atoms with van der Waals surface area (Å²) < 4.78 is 6.68. The first kappa shape index (κ1) is 26.3. The van der Waals surface area contributed by atoms with Crippen molar-refractivity contribution >= 4 is 23.2 Å². The van der Waals surface area contributed by atoms with E-state index >= 15 is 0 Å².